The highest BCUT2D eigenvalue weighted by Gasteiger charge is 2.34. The third kappa shape index (κ3) is 5.05. The monoisotopic (exact) mass is 430 g/mol. The van der Waals surface area contributed by atoms with Crippen LogP contribution in [0.1, 0.15) is 43.2 Å². The lowest BCUT2D eigenvalue weighted by Crippen LogP contribution is -2.60. The molecule has 0 spiro atoms. The van der Waals surface area contributed by atoms with Crippen molar-refractivity contribution < 1.29 is 4.79 Å². The topological polar surface area (TPSA) is 60.2 Å². The first-order valence-corrected chi connectivity index (χ1v) is 12.1. The van der Waals surface area contributed by atoms with Gasteiger partial charge in [-0.15, -0.1) is 0 Å². The molecule has 5 nitrogen and oxygen atoms in total. The molecule has 32 heavy (non-hydrogen) atoms. The molecule has 2 atom stereocenters. The van der Waals surface area contributed by atoms with Crippen LogP contribution in [0.3, 0.4) is 0 Å². The number of carbonyl (C=O) groups is 1. The number of nitrogens with zero attached hydrogens (tertiary/aromatic N) is 1. The molecular formula is C27H34N4O. The number of amides is 1. The molecule has 5 heteroatoms. The van der Waals surface area contributed by atoms with Gasteiger partial charge in [-0.3, -0.25) is 9.69 Å². The summed E-state index contributed by atoms with van der Waals surface area (Å²) < 4.78 is 0. The van der Waals surface area contributed by atoms with E-state index in [4.69, 9.17) is 0 Å². The van der Waals surface area contributed by atoms with E-state index in [-0.39, 0.29) is 11.9 Å². The second kappa shape index (κ2) is 9.88. The molecule has 2 fully saturated rings. The summed E-state index contributed by atoms with van der Waals surface area (Å²) in [7, 11) is 0. The first kappa shape index (κ1) is 21.2. The Morgan fingerprint density at radius 3 is 2.47 bits per heavy atom. The maximum Gasteiger partial charge on any atom is 0.220 e. The summed E-state index contributed by atoms with van der Waals surface area (Å²) in [4.78, 5) is 18.4. The van der Waals surface area contributed by atoms with Crippen LogP contribution >= 0.6 is 0 Å². The minimum absolute atomic E-state index is 0.171. The van der Waals surface area contributed by atoms with E-state index in [1.54, 1.807) is 0 Å². The molecule has 1 amide bonds. The molecule has 2 aliphatic rings. The minimum atomic E-state index is 0.171. The van der Waals surface area contributed by atoms with Gasteiger partial charge in [0.15, 0.2) is 0 Å². The summed E-state index contributed by atoms with van der Waals surface area (Å²) in [6.45, 7) is 3.33. The first-order valence-electron chi connectivity index (χ1n) is 12.1. The fourth-order valence-corrected chi connectivity index (χ4v) is 5.14. The number of likely N-dealkylation sites (tertiary alicyclic amines) is 1. The number of benzene rings is 2. The summed E-state index contributed by atoms with van der Waals surface area (Å²) in [5.41, 5.74) is 3.76. The fraction of sp³-hybridized carbons (Fsp3) is 0.444. The quantitative estimate of drug-likeness (QED) is 0.506. The van der Waals surface area contributed by atoms with Crippen molar-refractivity contribution in [3.63, 3.8) is 0 Å². The van der Waals surface area contributed by atoms with Crippen LogP contribution in [-0.2, 0) is 17.8 Å². The lowest BCUT2D eigenvalue weighted by Gasteiger charge is -2.42. The molecule has 5 rings (SSSR count). The molecule has 0 bridgehead atoms. The van der Waals surface area contributed by atoms with Gasteiger partial charge in [-0.05, 0) is 62.4 Å². The highest BCUT2D eigenvalue weighted by atomic mass is 16.1. The van der Waals surface area contributed by atoms with Gasteiger partial charge in [0.2, 0.25) is 5.91 Å². The molecule has 1 aromatic heterocycles. The van der Waals surface area contributed by atoms with Gasteiger partial charge in [-0.1, -0.05) is 48.5 Å². The van der Waals surface area contributed by atoms with E-state index in [1.165, 1.54) is 29.4 Å². The molecule has 168 valence electrons. The smallest absolute Gasteiger partial charge is 0.220 e. The molecule has 1 aliphatic heterocycles. The highest BCUT2D eigenvalue weighted by Crippen LogP contribution is 2.24. The third-order valence-electron chi connectivity index (χ3n) is 7.20. The Kier molecular flexibility index (Phi) is 6.56. The Bertz CT molecular complexity index is 1020. The van der Waals surface area contributed by atoms with Crippen LogP contribution in [0.5, 0.6) is 0 Å². The van der Waals surface area contributed by atoms with E-state index in [0.717, 1.165) is 44.4 Å². The first-order chi connectivity index (χ1) is 15.7. The van der Waals surface area contributed by atoms with Gasteiger partial charge in [0.25, 0.3) is 0 Å². The largest absolute Gasteiger partial charge is 0.361 e. The predicted octanol–water partition coefficient (Wildman–Crippen LogP) is 4.00. The van der Waals surface area contributed by atoms with Gasteiger partial charge in [0.05, 0.1) is 0 Å². The molecule has 3 aromatic rings. The lowest BCUT2D eigenvalue weighted by atomic mass is 9.84. The van der Waals surface area contributed by atoms with Crippen molar-refractivity contribution in [3.8, 4) is 0 Å². The van der Waals surface area contributed by atoms with Crippen LogP contribution in [0.15, 0.2) is 60.8 Å². The Balaban J connectivity index is 1.03. The van der Waals surface area contributed by atoms with E-state index in [9.17, 15) is 4.79 Å². The summed E-state index contributed by atoms with van der Waals surface area (Å²) in [6.07, 6.45) is 7.98. The average Bonchev–Trinajstić information content (AvgIpc) is 3.24. The van der Waals surface area contributed by atoms with Crippen molar-refractivity contribution in [1.29, 1.82) is 0 Å². The third-order valence-corrected chi connectivity index (χ3v) is 7.20. The molecule has 2 heterocycles. The molecular weight excluding hydrogens is 396 g/mol. The van der Waals surface area contributed by atoms with Crippen LogP contribution in [0.4, 0.5) is 0 Å². The maximum absolute atomic E-state index is 12.6. The van der Waals surface area contributed by atoms with Crippen molar-refractivity contribution in [1.82, 2.24) is 20.5 Å². The number of hydrogen-bond donors (Lipinski definition) is 3. The number of aromatic amines is 1. The number of aryl methyl sites for hydroxylation is 1. The molecule has 1 aliphatic carbocycles. The Morgan fingerprint density at radius 2 is 1.69 bits per heavy atom. The Hall–Kier alpha value is -2.63. The zero-order chi connectivity index (χ0) is 21.8. The Labute approximate surface area is 190 Å². The van der Waals surface area contributed by atoms with Gasteiger partial charge in [-0.2, -0.15) is 0 Å². The standard InChI is InChI=1S/C27H34N4O/c32-27(13-10-21-18-28-24-9-5-4-8-23(21)24)30-26-12-11-25(26)29-22-14-16-31(17-15-22)19-20-6-2-1-3-7-20/h1-9,18,22,25-26,28-29H,10-17,19H2,(H,30,32)/t25-,26+/m1/s1. The highest BCUT2D eigenvalue weighted by molar-refractivity contribution is 5.84. The van der Waals surface area contributed by atoms with E-state index < -0.39 is 0 Å². The summed E-state index contributed by atoms with van der Waals surface area (Å²) in [6, 6.07) is 20.3. The van der Waals surface area contributed by atoms with E-state index in [0.29, 0.717) is 18.5 Å². The van der Waals surface area contributed by atoms with Crippen LogP contribution in [0.2, 0.25) is 0 Å². The van der Waals surface area contributed by atoms with Crippen molar-refractivity contribution in [2.45, 2.75) is 63.2 Å². The van der Waals surface area contributed by atoms with Crippen LogP contribution in [-0.4, -0.2) is 47.0 Å². The number of carbonyl (C=O) groups excluding carboxylic acids is 1. The lowest BCUT2D eigenvalue weighted by molar-refractivity contribution is -0.122. The maximum atomic E-state index is 12.6. The molecule has 1 saturated carbocycles. The summed E-state index contributed by atoms with van der Waals surface area (Å²) >= 11 is 0. The van der Waals surface area contributed by atoms with Gasteiger partial charge >= 0.3 is 0 Å². The van der Waals surface area contributed by atoms with Gasteiger partial charge in [0.1, 0.15) is 0 Å². The number of para-hydroxylation sites is 1. The van der Waals surface area contributed by atoms with Crippen LogP contribution in [0, 0.1) is 0 Å². The number of rotatable bonds is 8. The van der Waals surface area contributed by atoms with Crippen molar-refractivity contribution in [3.05, 3.63) is 71.9 Å². The van der Waals surface area contributed by atoms with Gasteiger partial charge < -0.3 is 15.6 Å². The number of H-pyrrole nitrogens is 1. The number of aromatic nitrogens is 1. The molecule has 0 radical (unpaired) electrons. The van der Waals surface area contributed by atoms with E-state index in [1.807, 2.05) is 12.3 Å². The zero-order valence-corrected chi connectivity index (χ0v) is 18.7. The molecule has 2 aromatic carbocycles. The Morgan fingerprint density at radius 1 is 0.938 bits per heavy atom. The van der Waals surface area contributed by atoms with Gasteiger partial charge in [-0.25, -0.2) is 0 Å². The van der Waals surface area contributed by atoms with Crippen molar-refractivity contribution in [2.75, 3.05) is 13.1 Å². The number of piperidine rings is 1. The number of hydrogen-bond acceptors (Lipinski definition) is 3. The average molecular weight is 431 g/mol. The van der Waals surface area contributed by atoms with Gasteiger partial charge in [0, 0.05) is 48.2 Å². The number of fused-ring (bicyclic) bond motifs is 1. The van der Waals surface area contributed by atoms with E-state index >= 15 is 0 Å². The predicted molar refractivity (Wildman–Crippen MR) is 129 cm³/mol. The molecule has 1 saturated heterocycles. The SMILES string of the molecule is O=C(CCc1c[nH]c2ccccc12)N[C@H]1CC[C@H]1NC1CCN(Cc2ccccc2)CC1. The summed E-state index contributed by atoms with van der Waals surface area (Å²) in [5, 5.41) is 8.35. The molecule has 3 N–H and O–H groups in total. The number of nitrogens with one attached hydrogen (secondary N) is 3. The second-order valence-corrected chi connectivity index (χ2v) is 9.42. The zero-order valence-electron chi connectivity index (χ0n) is 18.7. The normalized spacial score (nSPS) is 22.0. The molecule has 0 unspecified atom stereocenters. The van der Waals surface area contributed by atoms with Crippen LogP contribution < -0.4 is 10.6 Å². The second-order valence-electron chi connectivity index (χ2n) is 9.42. The van der Waals surface area contributed by atoms with Crippen LogP contribution in [0.25, 0.3) is 10.9 Å². The summed E-state index contributed by atoms with van der Waals surface area (Å²) in [5.74, 6) is 0.171. The van der Waals surface area contributed by atoms with Crippen molar-refractivity contribution >= 4 is 16.8 Å². The van der Waals surface area contributed by atoms with Crippen molar-refractivity contribution in [2.24, 2.45) is 0 Å². The minimum Gasteiger partial charge on any atom is -0.361 e. The van der Waals surface area contributed by atoms with E-state index in [2.05, 4.69) is 69.0 Å². The fourth-order valence-electron chi connectivity index (χ4n) is 5.14.